The number of nitrogens with one attached hydrogen (secondary N) is 1. The van der Waals surface area contributed by atoms with Gasteiger partial charge in [-0.3, -0.25) is 0 Å². The predicted molar refractivity (Wildman–Crippen MR) is 48.2 cm³/mol. The minimum Gasteiger partial charge on any atom is -0.370 e. The Kier molecular flexibility index (Phi) is 4.16. The van der Waals surface area contributed by atoms with Gasteiger partial charge >= 0.3 is 0 Å². The van der Waals surface area contributed by atoms with Crippen LogP contribution in [-0.4, -0.2) is 38.0 Å². The van der Waals surface area contributed by atoms with Crippen LogP contribution in [0.4, 0.5) is 0 Å². The molecule has 1 saturated heterocycles. The van der Waals surface area contributed by atoms with Gasteiger partial charge in [-0.2, -0.15) is 5.26 Å². The summed E-state index contributed by atoms with van der Waals surface area (Å²) in [5.74, 6) is 0. The molecule has 1 fully saturated rings. The van der Waals surface area contributed by atoms with E-state index in [-0.39, 0.29) is 18.3 Å². The molecule has 0 saturated carbocycles. The molecule has 0 bridgehead atoms. The summed E-state index contributed by atoms with van der Waals surface area (Å²) >= 11 is 0. The van der Waals surface area contributed by atoms with Crippen LogP contribution in [0.2, 0.25) is 0 Å². The highest BCUT2D eigenvalue weighted by Crippen LogP contribution is 2.04. The molecule has 0 radical (unpaired) electrons. The van der Waals surface area contributed by atoms with E-state index >= 15 is 0 Å². The topological polar surface area (TPSA) is 54.3 Å². The summed E-state index contributed by atoms with van der Waals surface area (Å²) < 4.78 is 10.8. The Morgan fingerprint density at radius 1 is 1.69 bits per heavy atom. The van der Waals surface area contributed by atoms with E-state index in [1.54, 1.807) is 6.92 Å². The van der Waals surface area contributed by atoms with Crippen LogP contribution in [0, 0.1) is 11.3 Å². The monoisotopic (exact) mass is 184 g/mol. The number of hydrogen-bond acceptors (Lipinski definition) is 4. The van der Waals surface area contributed by atoms with Gasteiger partial charge in [0.15, 0.2) is 0 Å². The van der Waals surface area contributed by atoms with Crippen LogP contribution in [0.25, 0.3) is 0 Å². The molecule has 1 heterocycles. The summed E-state index contributed by atoms with van der Waals surface area (Å²) in [5, 5.41) is 11.7. The maximum Gasteiger partial charge on any atom is 0.141 e. The molecule has 1 rings (SSSR count). The van der Waals surface area contributed by atoms with E-state index in [1.165, 1.54) is 0 Å². The summed E-state index contributed by atoms with van der Waals surface area (Å²) in [6.45, 7) is 5.95. The lowest BCUT2D eigenvalue weighted by Crippen LogP contribution is -2.45. The maximum atomic E-state index is 8.48. The second kappa shape index (κ2) is 5.18. The first-order valence-electron chi connectivity index (χ1n) is 4.59. The zero-order valence-corrected chi connectivity index (χ0v) is 8.12. The standard InChI is InChI=1S/C9H16N2O2/c1-7(3-10)12-6-9-5-11-4-8(2)13-9/h7-9,11H,4-6H2,1-2H3. The first-order valence-corrected chi connectivity index (χ1v) is 4.59. The summed E-state index contributed by atoms with van der Waals surface area (Å²) in [5.41, 5.74) is 0. The molecule has 0 aromatic rings. The molecule has 0 aliphatic carbocycles. The van der Waals surface area contributed by atoms with E-state index in [0.29, 0.717) is 6.61 Å². The van der Waals surface area contributed by atoms with Crippen molar-refractivity contribution in [3.8, 4) is 6.07 Å². The molecule has 3 atom stereocenters. The van der Waals surface area contributed by atoms with Crippen molar-refractivity contribution in [3.05, 3.63) is 0 Å². The van der Waals surface area contributed by atoms with Crippen molar-refractivity contribution < 1.29 is 9.47 Å². The lowest BCUT2D eigenvalue weighted by Gasteiger charge is -2.28. The van der Waals surface area contributed by atoms with Gasteiger partial charge in [0, 0.05) is 13.1 Å². The molecule has 0 spiro atoms. The molecule has 0 amide bonds. The van der Waals surface area contributed by atoms with Gasteiger partial charge in [0.1, 0.15) is 6.10 Å². The van der Waals surface area contributed by atoms with Gasteiger partial charge in [0.25, 0.3) is 0 Å². The minimum atomic E-state index is -0.346. The largest absolute Gasteiger partial charge is 0.370 e. The highest BCUT2D eigenvalue weighted by atomic mass is 16.5. The summed E-state index contributed by atoms with van der Waals surface area (Å²) in [7, 11) is 0. The van der Waals surface area contributed by atoms with Crippen LogP contribution < -0.4 is 5.32 Å². The third kappa shape index (κ3) is 3.73. The Bertz CT molecular complexity index is 191. The Labute approximate surface area is 78.8 Å². The number of nitrogens with zero attached hydrogens (tertiary/aromatic N) is 1. The molecular formula is C9H16N2O2. The van der Waals surface area contributed by atoms with Crippen molar-refractivity contribution in [1.82, 2.24) is 5.32 Å². The summed E-state index contributed by atoms with van der Waals surface area (Å²) in [6, 6.07) is 2.02. The van der Waals surface area contributed by atoms with E-state index in [9.17, 15) is 0 Å². The fourth-order valence-electron chi connectivity index (χ4n) is 1.26. The molecule has 0 aromatic heterocycles. The highest BCUT2D eigenvalue weighted by molar-refractivity contribution is 4.80. The number of ether oxygens (including phenoxy) is 2. The summed E-state index contributed by atoms with van der Waals surface area (Å²) in [4.78, 5) is 0. The SMILES string of the molecule is CC(C#N)OCC1CNCC(C)O1. The average Bonchev–Trinajstić information content (AvgIpc) is 2.14. The lowest BCUT2D eigenvalue weighted by molar-refractivity contribution is -0.0745. The van der Waals surface area contributed by atoms with Crippen molar-refractivity contribution in [3.63, 3.8) is 0 Å². The highest BCUT2D eigenvalue weighted by Gasteiger charge is 2.19. The second-order valence-corrected chi connectivity index (χ2v) is 3.33. The number of rotatable bonds is 3. The maximum absolute atomic E-state index is 8.48. The molecule has 4 nitrogen and oxygen atoms in total. The van der Waals surface area contributed by atoms with Gasteiger partial charge in [-0.05, 0) is 13.8 Å². The Morgan fingerprint density at radius 3 is 3.08 bits per heavy atom. The molecule has 3 unspecified atom stereocenters. The Morgan fingerprint density at radius 2 is 2.46 bits per heavy atom. The van der Waals surface area contributed by atoms with Crippen LogP contribution in [0.1, 0.15) is 13.8 Å². The molecule has 1 aliphatic rings. The smallest absolute Gasteiger partial charge is 0.141 e. The first-order chi connectivity index (χ1) is 6.22. The first kappa shape index (κ1) is 10.5. The van der Waals surface area contributed by atoms with E-state index < -0.39 is 0 Å². The van der Waals surface area contributed by atoms with Crippen LogP contribution in [-0.2, 0) is 9.47 Å². The molecular weight excluding hydrogens is 168 g/mol. The Balaban J connectivity index is 2.17. The van der Waals surface area contributed by atoms with Gasteiger partial charge in [-0.25, -0.2) is 0 Å². The third-order valence-electron chi connectivity index (χ3n) is 1.94. The third-order valence-corrected chi connectivity index (χ3v) is 1.94. The molecule has 13 heavy (non-hydrogen) atoms. The van der Waals surface area contributed by atoms with Crippen LogP contribution in [0.15, 0.2) is 0 Å². The predicted octanol–water partition coefficient (Wildman–Crippen LogP) is 0.292. The Hall–Kier alpha value is -0.630. The lowest BCUT2D eigenvalue weighted by atomic mass is 10.2. The quantitative estimate of drug-likeness (QED) is 0.685. The fourth-order valence-corrected chi connectivity index (χ4v) is 1.26. The molecule has 0 aromatic carbocycles. The fraction of sp³-hybridized carbons (Fsp3) is 0.889. The van der Waals surface area contributed by atoms with E-state index in [1.807, 2.05) is 13.0 Å². The zero-order valence-electron chi connectivity index (χ0n) is 8.12. The zero-order chi connectivity index (χ0) is 9.68. The molecule has 74 valence electrons. The number of nitriles is 1. The molecule has 1 N–H and O–H groups in total. The van der Waals surface area contributed by atoms with Crippen molar-refractivity contribution in [2.75, 3.05) is 19.7 Å². The van der Waals surface area contributed by atoms with Crippen LogP contribution in [0.3, 0.4) is 0 Å². The second-order valence-electron chi connectivity index (χ2n) is 3.33. The van der Waals surface area contributed by atoms with Crippen LogP contribution in [0.5, 0.6) is 0 Å². The minimum absolute atomic E-state index is 0.0829. The van der Waals surface area contributed by atoms with Crippen molar-refractivity contribution in [2.24, 2.45) is 0 Å². The van der Waals surface area contributed by atoms with Gasteiger partial charge in [-0.15, -0.1) is 0 Å². The van der Waals surface area contributed by atoms with Gasteiger partial charge in [0.2, 0.25) is 0 Å². The van der Waals surface area contributed by atoms with Crippen molar-refractivity contribution in [2.45, 2.75) is 32.2 Å². The van der Waals surface area contributed by atoms with Crippen LogP contribution >= 0.6 is 0 Å². The summed E-state index contributed by atoms with van der Waals surface area (Å²) in [6.07, 6.45) is -0.0277. The normalized spacial score (nSPS) is 30.8. The molecule has 1 aliphatic heterocycles. The van der Waals surface area contributed by atoms with E-state index in [2.05, 4.69) is 5.32 Å². The van der Waals surface area contributed by atoms with E-state index in [0.717, 1.165) is 13.1 Å². The van der Waals surface area contributed by atoms with Gasteiger partial charge in [-0.1, -0.05) is 0 Å². The van der Waals surface area contributed by atoms with Gasteiger partial charge in [0.05, 0.1) is 24.9 Å². The van der Waals surface area contributed by atoms with Crippen molar-refractivity contribution in [1.29, 1.82) is 5.26 Å². The number of hydrogen-bond donors (Lipinski definition) is 1. The van der Waals surface area contributed by atoms with Gasteiger partial charge < -0.3 is 14.8 Å². The average molecular weight is 184 g/mol. The van der Waals surface area contributed by atoms with E-state index in [4.69, 9.17) is 14.7 Å². The van der Waals surface area contributed by atoms with Crippen molar-refractivity contribution >= 4 is 0 Å². The number of morpholine rings is 1. The molecule has 4 heteroatoms.